The molecule has 54 valence electrons. The van der Waals surface area contributed by atoms with Gasteiger partial charge in [-0.15, -0.1) is 0 Å². The highest BCUT2D eigenvalue weighted by Crippen LogP contribution is 2.01. The monoisotopic (exact) mass is 135 g/mol. The number of hydrogen-bond acceptors (Lipinski definition) is 1. The molecule has 0 aromatic carbocycles. The van der Waals surface area contributed by atoms with Gasteiger partial charge in [0.15, 0.2) is 0 Å². The molecule has 2 N–H and O–H groups in total. The van der Waals surface area contributed by atoms with Crippen LogP contribution < -0.4 is 5.73 Å². The van der Waals surface area contributed by atoms with Gasteiger partial charge in [-0.3, -0.25) is 0 Å². The van der Waals surface area contributed by atoms with Crippen LogP contribution in [-0.2, 0) is 0 Å². The summed E-state index contributed by atoms with van der Waals surface area (Å²) >= 11 is 0. The summed E-state index contributed by atoms with van der Waals surface area (Å²) < 4.78 is 0. The largest absolute Gasteiger partial charge is 0.399 e. The summed E-state index contributed by atoms with van der Waals surface area (Å²) in [6, 6.07) is 0. The average molecular weight is 135 g/mol. The summed E-state index contributed by atoms with van der Waals surface area (Å²) in [5.41, 5.74) is 6.84. The third-order valence-electron chi connectivity index (χ3n) is 1.06. The Balaban J connectivity index is 4.33. The van der Waals surface area contributed by atoms with Gasteiger partial charge in [0.1, 0.15) is 0 Å². The highest BCUT2D eigenvalue weighted by atomic mass is 14.6. The Labute approximate surface area is 62.2 Å². The third-order valence-corrected chi connectivity index (χ3v) is 1.06. The molecule has 0 atom stereocenters. The molecule has 0 aliphatic rings. The zero-order valence-electron chi connectivity index (χ0n) is 6.30. The van der Waals surface area contributed by atoms with Gasteiger partial charge in [0.05, 0.1) is 0 Å². The van der Waals surface area contributed by atoms with Crippen molar-refractivity contribution < 1.29 is 0 Å². The van der Waals surface area contributed by atoms with Gasteiger partial charge >= 0.3 is 0 Å². The topological polar surface area (TPSA) is 26.0 Å². The number of rotatable bonds is 3. The van der Waals surface area contributed by atoms with Crippen LogP contribution in [0.1, 0.15) is 6.92 Å². The summed E-state index contributed by atoms with van der Waals surface area (Å²) in [5, 5.41) is 0. The third kappa shape index (κ3) is 2.92. The molecule has 0 saturated carbocycles. The Kier molecular flexibility index (Phi) is 4.05. The quantitative estimate of drug-likeness (QED) is 0.589. The second-order valence-electron chi connectivity index (χ2n) is 1.88. The van der Waals surface area contributed by atoms with Gasteiger partial charge in [0.2, 0.25) is 0 Å². The van der Waals surface area contributed by atoms with Gasteiger partial charge in [-0.05, 0) is 12.5 Å². The maximum Gasteiger partial charge on any atom is 0.0314 e. The predicted octanol–water partition coefficient (Wildman–Crippen LogP) is 2.15. The second kappa shape index (κ2) is 4.62. The van der Waals surface area contributed by atoms with Crippen molar-refractivity contribution in [1.82, 2.24) is 0 Å². The van der Waals surface area contributed by atoms with E-state index >= 15 is 0 Å². The summed E-state index contributed by atoms with van der Waals surface area (Å²) in [6.45, 7) is 9.12. The minimum Gasteiger partial charge on any atom is -0.399 e. The molecule has 10 heavy (non-hydrogen) atoms. The minimum atomic E-state index is 0.549. The summed E-state index contributed by atoms with van der Waals surface area (Å²) in [4.78, 5) is 0. The Morgan fingerprint density at radius 3 is 2.40 bits per heavy atom. The molecule has 1 nitrogen and oxygen atoms in total. The highest BCUT2D eigenvalue weighted by molar-refractivity contribution is 5.37. The van der Waals surface area contributed by atoms with Crippen molar-refractivity contribution in [3.8, 4) is 0 Å². The zero-order valence-corrected chi connectivity index (χ0v) is 6.30. The first-order chi connectivity index (χ1) is 4.72. The lowest BCUT2D eigenvalue weighted by atomic mass is 10.2. The fourth-order valence-corrected chi connectivity index (χ4v) is 0.506. The first kappa shape index (κ1) is 8.76. The fourth-order valence-electron chi connectivity index (χ4n) is 0.506. The van der Waals surface area contributed by atoms with Crippen molar-refractivity contribution in [3.05, 3.63) is 48.7 Å². The molecule has 1 heteroatoms. The normalized spacial score (nSPS) is 11.9. The molecule has 0 aliphatic heterocycles. The second-order valence-corrected chi connectivity index (χ2v) is 1.88. The van der Waals surface area contributed by atoms with Crippen LogP contribution in [-0.4, -0.2) is 0 Å². The molecule has 0 fully saturated rings. The lowest BCUT2D eigenvalue weighted by Gasteiger charge is -1.95. The molecule has 0 unspecified atom stereocenters. The Hall–Kier alpha value is -1.24. The van der Waals surface area contributed by atoms with Gasteiger partial charge in [-0.1, -0.05) is 37.5 Å². The van der Waals surface area contributed by atoms with Gasteiger partial charge < -0.3 is 5.73 Å². The Bertz CT molecular complexity index is 185. The maximum atomic E-state index is 5.42. The SMILES string of the molecule is C=C/C(=C\C=C/C)C(=C)N. The van der Waals surface area contributed by atoms with Crippen LogP contribution in [0.3, 0.4) is 0 Å². The van der Waals surface area contributed by atoms with Gasteiger partial charge in [-0.2, -0.15) is 0 Å². The first-order valence-electron chi connectivity index (χ1n) is 3.12. The van der Waals surface area contributed by atoms with Crippen LogP contribution in [0.15, 0.2) is 48.7 Å². The van der Waals surface area contributed by atoms with Crippen LogP contribution in [0, 0.1) is 0 Å². The molecule has 0 amide bonds. The van der Waals surface area contributed by atoms with Crippen LogP contribution in [0.2, 0.25) is 0 Å². The van der Waals surface area contributed by atoms with E-state index in [1.165, 1.54) is 0 Å². The number of allylic oxidation sites excluding steroid dienone is 4. The van der Waals surface area contributed by atoms with E-state index in [9.17, 15) is 0 Å². The van der Waals surface area contributed by atoms with E-state index in [1.54, 1.807) is 6.08 Å². The number of hydrogen-bond donors (Lipinski definition) is 1. The van der Waals surface area contributed by atoms with Crippen molar-refractivity contribution in [2.45, 2.75) is 6.92 Å². The first-order valence-corrected chi connectivity index (χ1v) is 3.12. The molecule has 0 saturated heterocycles. The molecule has 0 aromatic heterocycles. The lowest BCUT2D eigenvalue weighted by Crippen LogP contribution is -1.95. The van der Waals surface area contributed by atoms with Crippen molar-refractivity contribution in [3.63, 3.8) is 0 Å². The van der Waals surface area contributed by atoms with Crippen LogP contribution in [0.25, 0.3) is 0 Å². The average Bonchev–Trinajstić information content (AvgIpc) is 1.89. The van der Waals surface area contributed by atoms with Crippen molar-refractivity contribution in [1.29, 1.82) is 0 Å². The minimum absolute atomic E-state index is 0.549. The van der Waals surface area contributed by atoms with Gasteiger partial charge in [-0.25, -0.2) is 0 Å². The summed E-state index contributed by atoms with van der Waals surface area (Å²) in [7, 11) is 0. The molecular weight excluding hydrogens is 122 g/mol. The van der Waals surface area contributed by atoms with Gasteiger partial charge in [0.25, 0.3) is 0 Å². The van der Waals surface area contributed by atoms with E-state index in [2.05, 4.69) is 13.2 Å². The van der Waals surface area contributed by atoms with E-state index in [1.807, 2.05) is 25.2 Å². The maximum absolute atomic E-state index is 5.42. The summed E-state index contributed by atoms with van der Waals surface area (Å²) in [6.07, 6.45) is 7.37. The molecule has 0 rings (SSSR count). The molecular formula is C9H13N. The smallest absolute Gasteiger partial charge is 0.0314 e. The van der Waals surface area contributed by atoms with E-state index < -0.39 is 0 Å². The lowest BCUT2D eigenvalue weighted by molar-refractivity contribution is 1.38. The molecule has 0 aliphatic carbocycles. The molecule has 0 spiro atoms. The Morgan fingerprint density at radius 1 is 1.50 bits per heavy atom. The highest BCUT2D eigenvalue weighted by Gasteiger charge is 1.87. The predicted molar refractivity (Wildman–Crippen MR) is 46.4 cm³/mol. The zero-order chi connectivity index (χ0) is 7.98. The number of nitrogens with two attached hydrogens (primary N) is 1. The van der Waals surface area contributed by atoms with Crippen LogP contribution in [0.5, 0.6) is 0 Å². The van der Waals surface area contributed by atoms with E-state index in [0.717, 1.165) is 5.57 Å². The van der Waals surface area contributed by atoms with Crippen molar-refractivity contribution >= 4 is 0 Å². The van der Waals surface area contributed by atoms with E-state index in [0.29, 0.717) is 5.70 Å². The van der Waals surface area contributed by atoms with Gasteiger partial charge in [0, 0.05) is 5.70 Å². The van der Waals surface area contributed by atoms with Crippen molar-refractivity contribution in [2.75, 3.05) is 0 Å². The summed E-state index contributed by atoms with van der Waals surface area (Å²) in [5.74, 6) is 0. The molecule has 0 aromatic rings. The fraction of sp³-hybridized carbons (Fsp3) is 0.111. The van der Waals surface area contributed by atoms with Crippen LogP contribution in [0.4, 0.5) is 0 Å². The van der Waals surface area contributed by atoms with Crippen LogP contribution >= 0.6 is 0 Å². The van der Waals surface area contributed by atoms with E-state index in [4.69, 9.17) is 5.73 Å². The van der Waals surface area contributed by atoms with E-state index in [-0.39, 0.29) is 0 Å². The molecule has 0 bridgehead atoms. The van der Waals surface area contributed by atoms with Crippen molar-refractivity contribution in [2.24, 2.45) is 5.73 Å². The molecule has 0 heterocycles. The standard InChI is InChI=1S/C9H13N/c1-4-6-7-9(5-2)8(3)10/h4-7H,2-3,10H2,1H3/b6-4-,9-7+. The molecule has 0 radical (unpaired) electrons. The Morgan fingerprint density at radius 2 is 2.10 bits per heavy atom.